The van der Waals surface area contributed by atoms with Crippen molar-refractivity contribution in [3.63, 3.8) is 0 Å². The largest absolute Gasteiger partial charge is 0.484 e. The number of halogens is 3. The standard InChI is InChI=1S/C19H22F3N3O2/c1-13-6-8-14(9-7-13)27-12-17(26)23-10-11-25-16-5-3-2-4-15(16)18(24-25)19(20,21)22/h6-9H,2-5,10-12H2,1H3,(H,23,26). The Balaban J connectivity index is 1.53. The van der Waals surface area contributed by atoms with E-state index in [-0.39, 0.29) is 25.6 Å². The number of benzene rings is 1. The van der Waals surface area contributed by atoms with Crippen LogP contribution in [0.25, 0.3) is 0 Å². The van der Waals surface area contributed by atoms with E-state index in [4.69, 9.17) is 4.74 Å². The monoisotopic (exact) mass is 381 g/mol. The number of ether oxygens (including phenoxy) is 1. The van der Waals surface area contributed by atoms with E-state index in [0.717, 1.165) is 18.4 Å². The summed E-state index contributed by atoms with van der Waals surface area (Å²) in [4.78, 5) is 11.9. The second-order valence-corrected chi connectivity index (χ2v) is 6.65. The lowest BCUT2D eigenvalue weighted by atomic mass is 9.95. The van der Waals surface area contributed by atoms with Gasteiger partial charge in [-0.25, -0.2) is 0 Å². The van der Waals surface area contributed by atoms with Gasteiger partial charge in [-0.3, -0.25) is 9.48 Å². The Morgan fingerprint density at radius 3 is 2.63 bits per heavy atom. The molecule has 0 bridgehead atoms. The van der Waals surface area contributed by atoms with Gasteiger partial charge in [0.05, 0.1) is 6.54 Å². The molecule has 0 radical (unpaired) electrons. The number of nitrogens with zero attached hydrogens (tertiary/aromatic N) is 2. The number of hydrogen-bond acceptors (Lipinski definition) is 3. The lowest BCUT2D eigenvalue weighted by Crippen LogP contribution is -2.32. The van der Waals surface area contributed by atoms with Crippen molar-refractivity contribution >= 4 is 5.91 Å². The molecule has 1 aliphatic carbocycles. The summed E-state index contributed by atoms with van der Waals surface area (Å²) in [5.41, 5.74) is 1.25. The molecule has 0 atom stereocenters. The minimum Gasteiger partial charge on any atom is -0.484 e. The third kappa shape index (κ3) is 4.81. The fourth-order valence-corrected chi connectivity index (χ4v) is 3.22. The van der Waals surface area contributed by atoms with Gasteiger partial charge >= 0.3 is 6.18 Å². The van der Waals surface area contributed by atoms with Crippen LogP contribution in [0.4, 0.5) is 13.2 Å². The van der Waals surface area contributed by atoms with E-state index in [2.05, 4.69) is 10.4 Å². The summed E-state index contributed by atoms with van der Waals surface area (Å²) < 4.78 is 46.3. The van der Waals surface area contributed by atoms with Gasteiger partial charge in [0.25, 0.3) is 5.91 Å². The van der Waals surface area contributed by atoms with Gasteiger partial charge in [-0.2, -0.15) is 18.3 Å². The average Bonchev–Trinajstić information content (AvgIpc) is 3.01. The zero-order valence-corrected chi connectivity index (χ0v) is 15.1. The Labute approximate surface area is 155 Å². The maximum absolute atomic E-state index is 13.2. The van der Waals surface area contributed by atoms with Crippen LogP contribution in [-0.2, 0) is 30.4 Å². The number of amides is 1. The average molecular weight is 381 g/mol. The van der Waals surface area contributed by atoms with Gasteiger partial charge in [-0.05, 0) is 44.7 Å². The van der Waals surface area contributed by atoms with Gasteiger partial charge in [0.1, 0.15) is 5.75 Å². The molecule has 0 saturated heterocycles. The van der Waals surface area contributed by atoms with Gasteiger partial charge in [-0.15, -0.1) is 0 Å². The van der Waals surface area contributed by atoms with Gasteiger partial charge in [0, 0.05) is 17.8 Å². The number of hydrogen-bond donors (Lipinski definition) is 1. The predicted octanol–water partition coefficient (Wildman–Crippen LogP) is 3.28. The highest BCUT2D eigenvalue weighted by molar-refractivity contribution is 5.77. The number of fused-ring (bicyclic) bond motifs is 1. The van der Waals surface area contributed by atoms with Crippen molar-refractivity contribution in [1.29, 1.82) is 0 Å². The van der Waals surface area contributed by atoms with Gasteiger partial charge < -0.3 is 10.1 Å². The fraction of sp³-hybridized carbons (Fsp3) is 0.474. The number of carbonyl (C=O) groups is 1. The van der Waals surface area contributed by atoms with E-state index in [1.54, 1.807) is 12.1 Å². The Morgan fingerprint density at radius 2 is 1.93 bits per heavy atom. The van der Waals surface area contributed by atoms with Crippen LogP contribution in [0.1, 0.15) is 35.4 Å². The first-order valence-corrected chi connectivity index (χ1v) is 8.96. The van der Waals surface area contributed by atoms with Crippen LogP contribution in [0.5, 0.6) is 5.75 Å². The second kappa shape index (κ2) is 8.02. The molecule has 3 rings (SSSR count). The van der Waals surface area contributed by atoms with Crippen molar-refractivity contribution in [2.75, 3.05) is 13.2 Å². The number of nitrogens with one attached hydrogen (secondary N) is 1. The SMILES string of the molecule is Cc1ccc(OCC(=O)NCCn2nc(C(F)(F)F)c3c2CCCC3)cc1. The molecule has 1 aromatic carbocycles. The molecule has 27 heavy (non-hydrogen) atoms. The van der Waals surface area contributed by atoms with Crippen molar-refractivity contribution in [2.24, 2.45) is 0 Å². The Kier molecular flexibility index (Phi) is 5.72. The summed E-state index contributed by atoms with van der Waals surface area (Å²) in [5.74, 6) is 0.263. The molecule has 146 valence electrons. The van der Waals surface area contributed by atoms with Crippen molar-refractivity contribution in [1.82, 2.24) is 15.1 Å². The van der Waals surface area contributed by atoms with Crippen LogP contribution in [0, 0.1) is 6.92 Å². The Hall–Kier alpha value is -2.51. The van der Waals surface area contributed by atoms with Crippen molar-refractivity contribution < 1.29 is 22.7 Å². The maximum Gasteiger partial charge on any atom is 0.435 e. The van der Waals surface area contributed by atoms with Crippen LogP contribution < -0.4 is 10.1 Å². The normalized spacial score (nSPS) is 13.9. The molecule has 1 aromatic heterocycles. The lowest BCUT2D eigenvalue weighted by molar-refractivity contribution is -0.142. The third-order valence-corrected chi connectivity index (χ3v) is 4.56. The van der Waals surface area contributed by atoms with Crippen LogP contribution >= 0.6 is 0 Å². The summed E-state index contributed by atoms with van der Waals surface area (Å²) in [6.45, 7) is 2.21. The summed E-state index contributed by atoms with van der Waals surface area (Å²) in [6, 6.07) is 7.31. The van der Waals surface area contributed by atoms with E-state index < -0.39 is 11.9 Å². The molecule has 5 nitrogen and oxygen atoms in total. The molecule has 0 spiro atoms. The summed E-state index contributed by atoms with van der Waals surface area (Å²) >= 11 is 0. The number of alkyl halides is 3. The van der Waals surface area contributed by atoms with Crippen molar-refractivity contribution in [2.45, 2.75) is 45.3 Å². The highest BCUT2D eigenvalue weighted by Gasteiger charge is 2.39. The third-order valence-electron chi connectivity index (χ3n) is 4.56. The molecule has 1 amide bonds. The molecule has 1 N–H and O–H groups in total. The van der Waals surface area contributed by atoms with E-state index in [0.29, 0.717) is 29.8 Å². The minimum atomic E-state index is -4.45. The quantitative estimate of drug-likeness (QED) is 0.836. The predicted molar refractivity (Wildman–Crippen MR) is 93.6 cm³/mol. The Morgan fingerprint density at radius 1 is 1.22 bits per heavy atom. The smallest absolute Gasteiger partial charge is 0.435 e. The molecule has 1 heterocycles. The lowest BCUT2D eigenvalue weighted by Gasteiger charge is -2.15. The highest BCUT2D eigenvalue weighted by atomic mass is 19.4. The van der Waals surface area contributed by atoms with Crippen LogP contribution in [0.3, 0.4) is 0 Å². The molecular formula is C19H22F3N3O2. The van der Waals surface area contributed by atoms with E-state index in [1.807, 2.05) is 19.1 Å². The number of aryl methyl sites for hydroxylation is 1. The first kappa shape index (κ1) is 19.3. The minimum absolute atomic E-state index is 0.145. The topological polar surface area (TPSA) is 56.1 Å². The first-order chi connectivity index (χ1) is 12.8. The molecule has 1 aliphatic rings. The number of rotatable bonds is 6. The van der Waals surface area contributed by atoms with E-state index in [9.17, 15) is 18.0 Å². The molecule has 2 aromatic rings. The molecular weight excluding hydrogens is 359 g/mol. The van der Waals surface area contributed by atoms with Crippen molar-refractivity contribution in [3.8, 4) is 5.75 Å². The summed E-state index contributed by atoms with van der Waals surface area (Å²) in [5, 5.41) is 6.43. The number of aromatic nitrogens is 2. The van der Waals surface area contributed by atoms with Crippen molar-refractivity contribution in [3.05, 3.63) is 46.8 Å². The maximum atomic E-state index is 13.2. The molecule has 0 saturated carbocycles. The van der Waals surface area contributed by atoms with Crippen LogP contribution in [0.15, 0.2) is 24.3 Å². The van der Waals surface area contributed by atoms with Crippen LogP contribution in [-0.4, -0.2) is 28.8 Å². The highest BCUT2D eigenvalue weighted by Crippen LogP contribution is 2.35. The van der Waals surface area contributed by atoms with E-state index >= 15 is 0 Å². The zero-order chi connectivity index (χ0) is 19.4. The van der Waals surface area contributed by atoms with Crippen LogP contribution in [0.2, 0.25) is 0 Å². The molecule has 8 heteroatoms. The summed E-state index contributed by atoms with van der Waals surface area (Å²) in [6.07, 6.45) is -1.86. The van der Waals surface area contributed by atoms with Gasteiger partial charge in [0.15, 0.2) is 12.3 Å². The molecule has 0 aliphatic heterocycles. The number of carbonyl (C=O) groups excluding carboxylic acids is 1. The second-order valence-electron chi connectivity index (χ2n) is 6.65. The Bertz CT molecular complexity index is 798. The summed E-state index contributed by atoms with van der Waals surface area (Å²) in [7, 11) is 0. The molecule has 0 unspecified atom stereocenters. The first-order valence-electron chi connectivity index (χ1n) is 8.96. The fourth-order valence-electron chi connectivity index (χ4n) is 3.22. The van der Waals surface area contributed by atoms with Gasteiger partial charge in [0.2, 0.25) is 0 Å². The van der Waals surface area contributed by atoms with E-state index in [1.165, 1.54) is 4.68 Å². The zero-order valence-electron chi connectivity index (χ0n) is 15.1. The molecule has 0 fully saturated rings. The van der Waals surface area contributed by atoms with Gasteiger partial charge in [-0.1, -0.05) is 17.7 Å².